The van der Waals surface area contributed by atoms with E-state index in [1.54, 1.807) is 0 Å². The summed E-state index contributed by atoms with van der Waals surface area (Å²) in [6.07, 6.45) is 2.66. The predicted octanol–water partition coefficient (Wildman–Crippen LogP) is 2.35. The first-order chi connectivity index (χ1) is 7.13. The van der Waals surface area contributed by atoms with Crippen LogP contribution in [0.1, 0.15) is 40.5 Å². The lowest BCUT2D eigenvalue weighted by Gasteiger charge is -2.32. The van der Waals surface area contributed by atoms with Gasteiger partial charge in [0.2, 0.25) is 0 Å². The SMILES string of the molecule is CCN1CCC(NCC(C)C(C)C)CC1. The zero-order chi connectivity index (χ0) is 11.3. The van der Waals surface area contributed by atoms with Gasteiger partial charge >= 0.3 is 0 Å². The van der Waals surface area contributed by atoms with Crippen molar-refractivity contribution in [3.8, 4) is 0 Å². The number of likely N-dealkylation sites (tertiary alicyclic amines) is 1. The number of nitrogens with one attached hydrogen (secondary N) is 1. The molecule has 1 atom stereocenters. The highest BCUT2D eigenvalue weighted by Gasteiger charge is 2.18. The predicted molar refractivity (Wildman–Crippen MR) is 67.1 cm³/mol. The number of piperidine rings is 1. The summed E-state index contributed by atoms with van der Waals surface area (Å²) in [5.74, 6) is 1.60. The molecule has 1 heterocycles. The first-order valence-electron chi connectivity index (χ1n) is 6.59. The fourth-order valence-corrected chi connectivity index (χ4v) is 2.04. The highest BCUT2D eigenvalue weighted by Crippen LogP contribution is 2.12. The standard InChI is InChI=1S/C13H28N2/c1-5-15-8-6-13(7-9-15)14-10-12(4)11(2)3/h11-14H,5-10H2,1-4H3. The third kappa shape index (κ3) is 4.52. The summed E-state index contributed by atoms with van der Waals surface area (Å²) in [4.78, 5) is 2.55. The maximum Gasteiger partial charge on any atom is 0.00915 e. The van der Waals surface area contributed by atoms with E-state index in [1.165, 1.54) is 39.0 Å². The largest absolute Gasteiger partial charge is 0.314 e. The van der Waals surface area contributed by atoms with Crippen LogP contribution in [-0.4, -0.2) is 37.1 Å². The molecule has 1 unspecified atom stereocenters. The van der Waals surface area contributed by atoms with Gasteiger partial charge in [-0.1, -0.05) is 27.7 Å². The number of rotatable bonds is 5. The molecule has 0 saturated carbocycles. The molecular formula is C13H28N2. The quantitative estimate of drug-likeness (QED) is 0.752. The summed E-state index contributed by atoms with van der Waals surface area (Å²) < 4.78 is 0. The Morgan fingerprint density at radius 1 is 1.20 bits per heavy atom. The first kappa shape index (κ1) is 13.0. The summed E-state index contributed by atoms with van der Waals surface area (Å²) in [7, 11) is 0. The van der Waals surface area contributed by atoms with E-state index < -0.39 is 0 Å². The number of hydrogen-bond acceptors (Lipinski definition) is 2. The number of hydrogen-bond donors (Lipinski definition) is 1. The Morgan fingerprint density at radius 2 is 1.80 bits per heavy atom. The summed E-state index contributed by atoms with van der Waals surface area (Å²) in [5.41, 5.74) is 0. The molecule has 2 nitrogen and oxygen atoms in total. The minimum Gasteiger partial charge on any atom is -0.314 e. The molecule has 1 rings (SSSR count). The second-order valence-electron chi connectivity index (χ2n) is 5.34. The van der Waals surface area contributed by atoms with Crippen molar-refractivity contribution in [2.24, 2.45) is 11.8 Å². The highest BCUT2D eigenvalue weighted by atomic mass is 15.1. The van der Waals surface area contributed by atoms with E-state index in [0.29, 0.717) is 0 Å². The van der Waals surface area contributed by atoms with Crippen molar-refractivity contribution in [1.82, 2.24) is 10.2 Å². The van der Waals surface area contributed by atoms with E-state index in [4.69, 9.17) is 0 Å². The van der Waals surface area contributed by atoms with Gasteiger partial charge in [0.15, 0.2) is 0 Å². The average molecular weight is 212 g/mol. The topological polar surface area (TPSA) is 15.3 Å². The van der Waals surface area contributed by atoms with Gasteiger partial charge in [-0.25, -0.2) is 0 Å². The second kappa shape index (κ2) is 6.49. The molecule has 0 bridgehead atoms. The van der Waals surface area contributed by atoms with Gasteiger partial charge in [-0.3, -0.25) is 0 Å². The molecule has 1 N–H and O–H groups in total. The Balaban J connectivity index is 2.13. The molecule has 2 heteroatoms. The van der Waals surface area contributed by atoms with Crippen molar-refractivity contribution >= 4 is 0 Å². The Hall–Kier alpha value is -0.0800. The van der Waals surface area contributed by atoms with Crippen LogP contribution in [0, 0.1) is 11.8 Å². The van der Waals surface area contributed by atoms with E-state index in [9.17, 15) is 0 Å². The van der Waals surface area contributed by atoms with E-state index >= 15 is 0 Å². The maximum absolute atomic E-state index is 3.72. The minimum atomic E-state index is 0.772. The fourth-order valence-electron chi connectivity index (χ4n) is 2.04. The van der Waals surface area contributed by atoms with Crippen LogP contribution in [0.2, 0.25) is 0 Å². The normalized spacial score (nSPS) is 22.2. The van der Waals surface area contributed by atoms with Crippen molar-refractivity contribution in [2.45, 2.75) is 46.6 Å². The van der Waals surface area contributed by atoms with Gasteiger partial charge in [-0.15, -0.1) is 0 Å². The van der Waals surface area contributed by atoms with Crippen LogP contribution in [0.3, 0.4) is 0 Å². The van der Waals surface area contributed by atoms with Gasteiger partial charge in [0.1, 0.15) is 0 Å². The van der Waals surface area contributed by atoms with Gasteiger partial charge in [0.05, 0.1) is 0 Å². The Bertz CT molecular complexity index is 160. The zero-order valence-corrected chi connectivity index (χ0v) is 10.9. The molecule has 0 aromatic rings. The first-order valence-corrected chi connectivity index (χ1v) is 6.59. The molecule has 0 spiro atoms. The third-order valence-corrected chi connectivity index (χ3v) is 3.90. The molecule has 0 aromatic carbocycles. The van der Waals surface area contributed by atoms with E-state index in [1.807, 2.05) is 0 Å². The fraction of sp³-hybridized carbons (Fsp3) is 1.00. The van der Waals surface area contributed by atoms with Gasteiger partial charge < -0.3 is 10.2 Å². The van der Waals surface area contributed by atoms with Gasteiger partial charge in [-0.05, 0) is 50.9 Å². The lowest BCUT2D eigenvalue weighted by Crippen LogP contribution is -2.43. The smallest absolute Gasteiger partial charge is 0.00915 e. The second-order valence-corrected chi connectivity index (χ2v) is 5.34. The Labute approximate surface area is 95.4 Å². The highest BCUT2D eigenvalue weighted by molar-refractivity contribution is 4.77. The molecule has 1 aliphatic heterocycles. The Kier molecular flexibility index (Phi) is 5.62. The molecule has 1 aliphatic rings. The van der Waals surface area contributed by atoms with E-state index in [0.717, 1.165) is 17.9 Å². The lowest BCUT2D eigenvalue weighted by atomic mass is 9.97. The van der Waals surface area contributed by atoms with E-state index in [2.05, 4.69) is 37.9 Å². The molecule has 0 aromatic heterocycles. The van der Waals surface area contributed by atoms with Crippen molar-refractivity contribution < 1.29 is 0 Å². The van der Waals surface area contributed by atoms with Crippen LogP contribution in [0.5, 0.6) is 0 Å². The van der Waals surface area contributed by atoms with Gasteiger partial charge in [-0.2, -0.15) is 0 Å². The summed E-state index contributed by atoms with van der Waals surface area (Å²) >= 11 is 0. The maximum atomic E-state index is 3.72. The van der Waals surface area contributed by atoms with Crippen molar-refractivity contribution in [3.63, 3.8) is 0 Å². The third-order valence-electron chi connectivity index (χ3n) is 3.90. The molecule has 0 aliphatic carbocycles. The Morgan fingerprint density at radius 3 is 2.27 bits per heavy atom. The van der Waals surface area contributed by atoms with Crippen molar-refractivity contribution in [3.05, 3.63) is 0 Å². The van der Waals surface area contributed by atoms with Gasteiger partial charge in [0.25, 0.3) is 0 Å². The summed E-state index contributed by atoms with van der Waals surface area (Å²) in [6.45, 7) is 14.2. The number of nitrogens with zero attached hydrogens (tertiary/aromatic N) is 1. The van der Waals surface area contributed by atoms with Crippen molar-refractivity contribution in [2.75, 3.05) is 26.2 Å². The monoisotopic (exact) mass is 212 g/mol. The van der Waals surface area contributed by atoms with Gasteiger partial charge in [0, 0.05) is 6.04 Å². The van der Waals surface area contributed by atoms with Crippen LogP contribution in [0.4, 0.5) is 0 Å². The van der Waals surface area contributed by atoms with Crippen molar-refractivity contribution in [1.29, 1.82) is 0 Å². The molecule has 1 saturated heterocycles. The molecular weight excluding hydrogens is 184 g/mol. The average Bonchev–Trinajstić information content (AvgIpc) is 2.26. The van der Waals surface area contributed by atoms with Crippen LogP contribution in [0.25, 0.3) is 0 Å². The summed E-state index contributed by atoms with van der Waals surface area (Å²) in [5, 5.41) is 3.72. The zero-order valence-electron chi connectivity index (χ0n) is 10.9. The van der Waals surface area contributed by atoms with Crippen LogP contribution in [-0.2, 0) is 0 Å². The minimum absolute atomic E-state index is 0.772. The molecule has 90 valence electrons. The molecule has 15 heavy (non-hydrogen) atoms. The van der Waals surface area contributed by atoms with Crippen LogP contribution < -0.4 is 5.32 Å². The summed E-state index contributed by atoms with van der Waals surface area (Å²) in [6, 6.07) is 0.772. The lowest BCUT2D eigenvalue weighted by molar-refractivity contribution is 0.200. The van der Waals surface area contributed by atoms with E-state index in [-0.39, 0.29) is 0 Å². The van der Waals surface area contributed by atoms with Crippen LogP contribution in [0.15, 0.2) is 0 Å². The molecule has 0 amide bonds. The van der Waals surface area contributed by atoms with Crippen LogP contribution >= 0.6 is 0 Å². The molecule has 1 fully saturated rings. The molecule has 0 radical (unpaired) electrons.